The minimum Gasteiger partial charge on any atom is -0.382 e. The van der Waals surface area contributed by atoms with Crippen LogP contribution in [0.15, 0.2) is 34.3 Å². The van der Waals surface area contributed by atoms with Crippen LogP contribution in [-0.2, 0) is 0 Å². The Labute approximate surface area is 112 Å². The lowest BCUT2D eigenvalue weighted by Gasteiger charge is -2.04. The smallest absolute Gasteiger partial charge is 0.193 e. The lowest BCUT2D eigenvalue weighted by atomic mass is 10.3. The van der Waals surface area contributed by atoms with E-state index in [1.165, 1.54) is 6.07 Å². The normalized spacial score (nSPS) is 10.5. The van der Waals surface area contributed by atoms with Crippen molar-refractivity contribution in [3.05, 3.63) is 47.3 Å². The predicted octanol–water partition coefficient (Wildman–Crippen LogP) is 2.50. The molecule has 2 aromatic rings. The fraction of sp³-hybridized carbons (Fsp3) is 0.0833. The van der Waals surface area contributed by atoms with Crippen LogP contribution in [0.25, 0.3) is 0 Å². The van der Waals surface area contributed by atoms with Crippen LogP contribution < -0.4 is 5.73 Å². The number of nitrogens with zero attached hydrogens (tertiary/aromatic N) is 2. The minimum atomic E-state index is -0.926. The first-order valence-electron chi connectivity index (χ1n) is 5.28. The van der Waals surface area contributed by atoms with Crippen molar-refractivity contribution in [1.29, 1.82) is 5.41 Å². The Morgan fingerprint density at radius 1 is 1.21 bits per heavy atom. The van der Waals surface area contributed by atoms with Gasteiger partial charge in [0.2, 0.25) is 0 Å². The Hall–Kier alpha value is -2.02. The van der Waals surface area contributed by atoms with E-state index in [2.05, 4.69) is 9.97 Å². The second kappa shape index (κ2) is 5.31. The van der Waals surface area contributed by atoms with E-state index in [0.717, 1.165) is 23.9 Å². The molecule has 1 aromatic carbocycles. The van der Waals surface area contributed by atoms with Gasteiger partial charge < -0.3 is 5.73 Å². The van der Waals surface area contributed by atoms with Gasteiger partial charge >= 0.3 is 0 Å². The molecule has 0 spiro atoms. The number of hydrogen-bond donors (Lipinski definition) is 2. The second-order valence-electron chi connectivity index (χ2n) is 3.77. The summed E-state index contributed by atoms with van der Waals surface area (Å²) in [7, 11) is 0. The molecular weight excluding hydrogens is 270 g/mol. The highest BCUT2D eigenvalue weighted by Crippen LogP contribution is 2.26. The van der Waals surface area contributed by atoms with E-state index in [4.69, 9.17) is 11.1 Å². The first-order valence-corrected chi connectivity index (χ1v) is 6.10. The first kappa shape index (κ1) is 13.4. The zero-order valence-corrected chi connectivity index (χ0v) is 10.8. The summed E-state index contributed by atoms with van der Waals surface area (Å²) in [5.74, 6) is -2.00. The van der Waals surface area contributed by atoms with Crippen LogP contribution in [0.5, 0.6) is 0 Å². The number of nitrogens with one attached hydrogen (secondary N) is 1. The maximum absolute atomic E-state index is 13.1. The number of aryl methyl sites for hydroxylation is 1. The van der Waals surface area contributed by atoms with Gasteiger partial charge in [0.1, 0.15) is 11.5 Å². The number of hydrogen-bond acceptors (Lipinski definition) is 4. The number of benzene rings is 1. The molecule has 0 aliphatic heterocycles. The molecule has 0 atom stereocenters. The van der Waals surface area contributed by atoms with Gasteiger partial charge in [0.25, 0.3) is 0 Å². The summed E-state index contributed by atoms with van der Waals surface area (Å²) in [6.45, 7) is 1.74. The highest BCUT2D eigenvalue weighted by atomic mass is 32.2. The van der Waals surface area contributed by atoms with Crippen LogP contribution in [0.4, 0.5) is 8.78 Å². The van der Waals surface area contributed by atoms with E-state index in [-0.39, 0.29) is 5.84 Å². The number of aromatic nitrogens is 2. The van der Waals surface area contributed by atoms with Crippen LogP contribution in [0, 0.1) is 24.0 Å². The van der Waals surface area contributed by atoms with Crippen molar-refractivity contribution >= 4 is 17.6 Å². The molecule has 0 unspecified atom stereocenters. The van der Waals surface area contributed by atoms with E-state index in [1.54, 1.807) is 13.0 Å². The Bertz CT molecular complexity index is 646. The van der Waals surface area contributed by atoms with Crippen molar-refractivity contribution in [2.24, 2.45) is 5.73 Å². The van der Waals surface area contributed by atoms with Gasteiger partial charge in [-0.25, -0.2) is 18.7 Å². The zero-order valence-electron chi connectivity index (χ0n) is 9.95. The molecule has 0 radical (unpaired) electrons. The van der Waals surface area contributed by atoms with Gasteiger partial charge in [0.15, 0.2) is 16.8 Å². The van der Waals surface area contributed by atoms with Crippen LogP contribution in [0.1, 0.15) is 11.4 Å². The molecule has 1 aromatic heterocycles. The van der Waals surface area contributed by atoms with Gasteiger partial charge in [-0.15, -0.1) is 0 Å². The Morgan fingerprint density at radius 2 is 1.95 bits per heavy atom. The lowest BCUT2D eigenvalue weighted by Crippen LogP contribution is -2.14. The van der Waals surface area contributed by atoms with Crippen molar-refractivity contribution in [3.8, 4) is 0 Å². The Kier molecular flexibility index (Phi) is 3.75. The Balaban J connectivity index is 2.32. The molecular formula is C12H10F2N4S. The summed E-state index contributed by atoms with van der Waals surface area (Å²) >= 11 is 1.08. The molecule has 0 aliphatic rings. The maximum Gasteiger partial charge on any atom is 0.193 e. The lowest BCUT2D eigenvalue weighted by molar-refractivity contribution is 0.506. The van der Waals surface area contributed by atoms with Crippen molar-refractivity contribution in [2.45, 2.75) is 17.0 Å². The molecule has 0 fully saturated rings. The molecule has 0 aliphatic carbocycles. The molecule has 0 saturated carbocycles. The van der Waals surface area contributed by atoms with Crippen LogP contribution in [0.2, 0.25) is 0 Å². The molecule has 0 saturated heterocycles. The van der Waals surface area contributed by atoms with E-state index < -0.39 is 11.6 Å². The van der Waals surface area contributed by atoms with E-state index >= 15 is 0 Å². The predicted molar refractivity (Wildman–Crippen MR) is 68.3 cm³/mol. The van der Waals surface area contributed by atoms with Crippen LogP contribution in [-0.4, -0.2) is 15.8 Å². The van der Waals surface area contributed by atoms with Crippen molar-refractivity contribution in [2.75, 3.05) is 0 Å². The standard InChI is InChI=1S/C12H10F2N4S/c1-6-4-10(11(15)16)18-12(17-6)19-7-2-3-8(13)9(14)5-7/h2-5H,1H3,(H3,15,16). The van der Waals surface area contributed by atoms with E-state index in [9.17, 15) is 8.78 Å². The minimum absolute atomic E-state index is 0.169. The van der Waals surface area contributed by atoms with Crippen molar-refractivity contribution < 1.29 is 8.78 Å². The van der Waals surface area contributed by atoms with Crippen molar-refractivity contribution in [3.63, 3.8) is 0 Å². The third-order valence-corrected chi connectivity index (χ3v) is 3.06. The monoisotopic (exact) mass is 280 g/mol. The van der Waals surface area contributed by atoms with Gasteiger partial charge in [-0.2, -0.15) is 0 Å². The van der Waals surface area contributed by atoms with Gasteiger partial charge in [-0.05, 0) is 43.0 Å². The maximum atomic E-state index is 13.1. The fourth-order valence-corrected chi connectivity index (χ4v) is 2.21. The summed E-state index contributed by atoms with van der Waals surface area (Å²) in [6.07, 6.45) is 0. The molecule has 1 heterocycles. The summed E-state index contributed by atoms with van der Waals surface area (Å²) in [5.41, 5.74) is 6.31. The molecule has 4 nitrogen and oxygen atoms in total. The summed E-state index contributed by atoms with van der Waals surface area (Å²) in [6, 6.07) is 5.12. The molecule has 2 rings (SSSR count). The summed E-state index contributed by atoms with van der Waals surface area (Å²) < 4.78 is 25.9. The molecule has 3 N–H and O–H groups in total. The van der Waals surface area contributed by atoms with Gasteiger partial charge in [0.05, 0.1) is 0 Å². The molecule has 0 bridgehead atoms. The van der Waals surface area contributed by atoms with Gasteiger partial charge in [0, 0.05) is 10.6 Å². The second-order valence-corrected chi connectivity index (χ2v) is 4.81. The fourth-order valence-electron chi connectivity index (χ4n) is 1.37. The SMILES string of the molecule is Cc1cc(C(=N)N)nc(Sc2ccc(F)c(F)c2)n1. The average molecular weight is 280 g/mol. The third-order valence-electron chi connectivity index (χ3n) is 2.21. The van der Waals surface area contributed by atoms with Crippen molar-refractivity contribution in [1.82, 2.24) is 9.97 Å². The number of nitrogen functional groups attached to an aromatic ring is 1. The molecule has 7 heteroatoms. The van der Waals surface area contributed by atoms with Crippen LogP contribution in [0.3, 0.4) is 0 Å². The third kappa shape index (κ3) is 3.25. The average Bonchev–Trinajstić information content (AvgIpc) is 2.33. The largest absolute Gasteiger partial charge is 0.382 e. The van der Waals surface area contributed by atoms with Gasteiger partial charge in [-0.1, -0.05) is 0 Å². The molecule has 0 amide bonds. The van der Waals surface area contributed by atoms with Gasteiger partial charge in [-0.3, -0.25) is 5.41 Å². The first-order chi connectivity index (χ1) is 8.95. The number of halogens is 2. The highest BCUT2D eigenvalue weighted by Gasteiger charge is 2.08. The van der Waals surface area contributed by atoms with Crippen LogP contribution >= 0.6 is 11.8 Å². The number of rotatable bonds is 3. The number of nitrogens with two attached hydrogens (primary N) is 1. The summed E-state index contributed by atoms with van der Waals surface area (Å²) in [5, 5.41) is 7.67. The Morgan fingerprint density at radius 3 is 2.58 bits per heavy atom. The molecule has 98 valence electrons. The number of amidine groups is 1. The van der Waals surface area contributed by atoms with E-state index in [1.807, 2.05) is 0 Å². The highest BCUT2D eigenvalue weighted by molar-refractivity contribution is 7.99. The quantitative estimate of drug-likeness (QED) is 0.514. The topological polar surface area (TPSA) is 75.7 Å². The molecule has 19 heavy (non-hydrogen) atoms. The zero-order chi connectivity index (χ0) is 14.0. The summed E-state index contributed by atoms with van der Waals surface area (Å²) in [4.78, 5) is 8.68. The van der Waals surface area contributed by atoms with E-state index in [0.29, 0.717) is 21.4 Å².